The maximum absolute atomic E-state index is 14.2. The van der Waals surface area contributed by atoms with Crippen LogP contribution in [0, 0.1) is 0 Å². The minimum atomic E-state index is -2.39. The lowest BCUT2D eigenvalue weighted by molar-refractivity contribution is -0.333. The minimum absolute atomic E-state index is 0.0778. The molecule has 1 saturated heterocycles. The molecule has 6 atom stereocenters. The van der Waals surface area contributed by atoms with E-state index in [4.69, 9.17) is 23.7 Å². The fourth-order valence-corrected chi connectivity index (χ4v) is 6.38. The van der Waals surface area contributed by atoms with Crippen LogP contribution in [0.5, 0.6) is 0 Å². The van der Waals surface area contributed by atoms with E-state index < -0.39 is 46.3 Å². The van der Waals surface area contributed by atoms with E-state index in [1.165, 1.54) is 6.92 Å². The molecule has 0 spiro atoms. The summed E-state index contributed by atoms with van der Waals surface area (Å²) in [5, 5.41) is 9.92. The van der Waals surface area contributed by atoms with Crippen LogP contribution >= 0.6 is 0 Å². The van der Waals surface area contributed by atoms with E-state index in [0.717, 1.165) is 16.7 Å². The molecule has 1 aliphatic heterocycles. The van der Waals surface area contributed by atoms with Crippen molar-refractivity contribution in [3.05, 3.63) is 138 Å². The number of benzene rings is 4. The smallest absolute Gasteiger partial charge is 0.302 e. The highest BCUT2D eigenvalue weighted by molar-refractivity contribution is 7.86. The van der Waals surface area contributed by atoms with Crippen LogP contribution in [0.1, 0.15) is 23.6 Å². The van der Waals surface area contributed by atoms with Gasteiger partial charge >= 0.3 is 5.97 Å². The summed E-state index contributed by atoms with van der Waals surface area (Å²) in [5.74, 6) is -0.535. The van der Waals surface area contributed by atoms with Crippen LogP contribution in [0.25, 0.3) is 0 Å². The van der Waals surface area contributed by atoms with Gasteiger partial charge < -0.3 is 28.8 Å². The predicted octanol–water partition coefficient (Wildman–Crippen LogP) is 5.16. The Balaban J connectivity index is 1.55. The normalized spacial score (nSPS) is 24.0. The van der Waals surface area contributed by atoms with Crippen molar-refractivity contribution in [1.82, 2.24) is 0 Å². The highest BCUT2D eigenvalue weighted by Crippen LogP contribution is 2.39. The Hall–Kier alpha value is -3.70. The van der Waals surface area contributed by atoms with Gasteiger partial charge in [0.15, 0.2) is 6.10 Å². The van der Waals surface area contributed by atoms with Gasteiger partial charge in [-0.05, 0) is 28.8 Å². The van der Waals surface area contributed by atoms with Gasteiger partial charge in [0, 0.05) is 11.8 Å². The fraction of sp³-hybridized carbons (Fsp3) is 0.286. The van der Waals surface area contributed by atoms with E-state index in [-0.39, 0.29) is 26.4 Å². The first-order chi connectivity index (χ1) is 21.4. The van der Waals surface area contributed by atoms with E-state index in [9.17, 15) is 14.1 Å². The molecule has 4 aromatic carbocycles. The third-order valence-electron chi connectivity index (χ3n) is 7.19. The van der Waals surface area contributed by atoms with Crippen LogP contribution < -0.4 is 0 Å². The number of rotatable bonds is 13. The molecule has 1 heterocycles. The van der Waals surface area contributed by atoms with E-state index >= 15 is 0 Å². The van der Waals surface area contributed by atoms with Crippen LogP contribution in [0.2, 0.25) is 0 Å². The van der Waals surface area contributed by atoms with Crippen molar-refractivity contribution in [2.45, 2.75) is 61.2 Å². The summed E-state index contributed by atoms with van der Waals surface area (Å²) >= 11 is 0. The largest absolute Gasteiger partial charge is 0.463 e. The number of hydrogen-bond donors (Lipinski definition) is 1. The molecule has 230 valence electrons. The highest BCUT2D eigenvalue weighted by atomic mass is 32.2. The van der Waals surface area contributed by atoms with Crippen LogP contribution in [0.3, 0.4) is 0 Å². The first-order valence-corrected chi connectivity index (χ1v) is 15.6. The Morgan fingerprint density at radius 1 is 0.705 bits per heavy atom. The van der Waals surface area contributed by atoms with Gasteiger partial charge in [-0.2, -0.15) is 0 Å². The molecule has 8 nitrogen and oxygen atoms in total. The van der Waals surface area contributed by atoms with Crippen molar-refractivity contribution in [2.24, 2.45) is 0 Å². The molecule has 4 aromatic rings. The molecule has 1 aliphatic rings. The van der Waals surface area contributed by atoms with Crippen molar-refractivity contribution < 1.29 is 37.8 Å². The zero-order valence-electron chi connectivity index (χ0n) is 24.4. The predicted molar refractivity (Wildman–Crippen MR) is 164 cm³/mol. The molecule has 9 heteroatoms. The van der Waals surface area contributed by atoms with Crippen molar-refractivity contribution >= 4 is 16.8 Å². The maximum Gasteiger partial charge on any atom is 0.302 e. The van der Waals surface area contributed by atoms with Crippen molar-refractivity contribution in [1.29, 1.82) is 0 Å². The lowest BCUT2D eigenvalue weighted by Crippen LogP contribution is -2.68. The Morgan fingerprint density at radius 2 is 1.14 bits per heavy atom. The van der Waals surface area contributed by atoms with Gasteiger partial charge in [-0.15, -0.1) is 0 Å². The van der Waals surface area contributed by atoms with Gasteiger partial charge in [0.1, 0.15) is 35.7 Å². The quantitative estimate of drug-likeness (QED) is 0.206. The monoisotopic (exact) mass is 616 g/mol. The van der Waals surface area contributed by atoms with Gasteiger partial charge in [0.2, 0.25) is 0 Å². The molecule has 0 radical (unpaired) electrons. The molecule has 5 rings (SSSR count). The molecule has 0 aliphatic carbocycles. The molecule has 0 bridgehead atoms. The first kappa shape index (κ1) is 31.7. The average molecular weight is 617 g/mol. The summed E-state index contributed by atoms with van der Waals surface area (Å²) in [6.07, 6.45) is -4.19. The third kappa shape index (κ3) is 8.06. The van der Waals surface area contributed by atoms with Crippen molar-refractivity contribution in [2.75, 3.05) is 6.61 Å². The summed E-state index contributed by atoms with van der Waals surface area (Å²) < 4.78 is 45.2. The summed E-state index contributed by atoms with van der Waals surface area (Å²) in [4.78, 5) is 12.2. The van der Waals surface area contributed by atoms with E-state index in [0.29, 0.717) is 4.90 Å². The molecule has 1 N–H and O–H groups in total. The van der Waals surface area contributed by atoms with Gasteiger partial charge in [-0.25, -0.2) is 4.21 Å². The van der Waals surface area contributed by atoms with E-state index in [2.05, 4.69) is 0 Å². The van der Waals surface area contributed by atoms with E-state index in [1.807, 2.05) is 91.0 Å². The molecule has 0 saturated carbocycles. The molecule has 1 unspecified atom stereocenters. The van der Waals surface area contributed by atoms with Crippen LogP contribution in [-0.2, 0) is 59.1 Å². The Bertz CT molecular complexity index is 1470. The summed E-state index contributed by atoms with van der Waals surface area (Å²) in [7, 11) is -2.15. The topological polar surface area (TPSA) is 101 Å². The second-order valence-electron chi connectivity index (χ2n) is 10.4. The lowest BCUT2D eigenvalue weighted by atomic mass is 9.97. The first-order valence-electron chi connectivity index (χ1n) is 14.4. The van der Waals surface area contributed by atoms with Crippen LogP contribution in [-0.4, -0.2) is 51.4 Å². The second kappa shape index (κ2) is 15.3. The Labute approximate surface area is 260 Å². The van der Waals surface area contributed by atoms with Crippen molar-refractivity contribution in [3.8, 4) is 0 Å². The molecule has 1 fully saturated rings. The highest BCUT2D eigenvalue weighted by Gasteiger charge is 2.60. The number of carbonyl (C=O) groups excluding carboxylic acids is 1. The minimum Gasteiger partial charge on any atom is -0.463 e. The molecular weight excluding hydrogens is 580 g/mol. The zero-order chi connectivity index (χ0) is 30.8. The summed E-state index contributed by atoms with van der Waals surface area (Å²) in [6.45, 7) is 1.43. The van der Waals surface area contributed by atoms with Crippen LogP contribution in [0.15, 0.2) is 126 Å². The molecule has 44 heavy (non-hydrogen) atoms. The standard InChI is InChI=1S/C35H36O8S/c1-26(36)39-25-31-32(40-22-27-14-6-2-7-15-27)33(41-23-28-16-8-3-9-17-28)34(42-24-29-18-10-4-11-19-29)35(37,43-31)44(38)30-20-12-5-13-21-30/h2-21,31-34,37H,22-25H2,1H3/t31-,32+,33+,34-,35+,44?/m1/s1. The number of aliphatic hydroxyl groups is 1. The molecule has 0 amide bonds. The lowest BCUT2D eigenvalue weighted by Gasteiger charge is -2.49. The van der Waals surface area contributed by atoms with Crippen molar-refractivity contribution in [3.63, 3.8) is 0 Å². The third-order valence-corrected chi connectivity index (χ3v) is 8.75. The summed E-state index contributed by atoms with van der Waals surface area (Å²) in [6, 6.07) is 37.1. The van der Waals surface area contributed by atoms with Gasteiger partial charge in [-0.3, -0.25) is 4.79 Å². The Kier molecular flexibility index (Phi) is 11.1. The number of esters is 1. The maximum atomic E-state index is 14.2. The number of hydrogen-bond acceptors (Lipinski definition) is 8. The zero-order valence-corrected chi connectivity index (χ0v) is 25.2. The van der Waals surface area contributed by atoms with Gasteiger partial charge in [-0.1, -0.05) is 109 Å². The van der Waals surface area contributed by atoms with Crippen LogP contribution in [0.4, 0.5) is 0 Å². The number of carbonyl (C=O) groups is 1. The van der Waals surface area contributed by atoms with E-state index in [1.54, 1.807) is 30.3 Å². The second-order valence-corrected chi connectivity index (χ2v) is 12.0. The van der Waals surface area contributed by atoms with Gasteiger partial charge in [0.25, 0.3) is 5.12 Å². The summed E-state index contributed by atoms with van der Waals surface area (Å²) in [5.41, 5.74) is 2.62. The Morgan fingerprint density at radius 3 is 1.61 bits per heavy atom. The fourth-order valence-electron chi connectivity index (χ4n) is 5.01. The molecular formula is C35H36O8S. The number of ether oxygens (including phenoxy) is 5. The SMILES string of the molecule is CC(=O)OC[C@H]1O[C@](O)(S(=O)c2ccccc2)[C@H](OCc2ccccc2)[C@@H](OCc2ccccc2)[C@H]1OCc1ccccc1. The molecule has 0 aromatic heterocycles. The van der Waals surface area contributed by atoms with Gasteiger partial charge in [0.05, 0.1) is 19.8 Å². The average Bonchev–Trinajstić information content (AvgIpc) is 3.06.